The number of hydrogen-bond donors (Lipinski definition) is 2. The average Bonchev–Trinajstić information content (AvgIpc) is 2.73. The molecule has 1 amide bonds. The van der Waals surface area contributed by atoms with Crippen molar-refractivity contribution in [2.75, 3.05) is 12.3 Å². The maximum Gasteiger partial charge on any atom is 0.309 e. The summed E-state index contributed by atoms with van der Waals surface area (Å²) < 4.78 is 0.668. The summed E-state index contributed by atoms with van der Waals surface area (Å²) in [5.41, 5.74) is 0.500. The molecule has 0 saturated carbocycles. The highest BCUT2D eigenvalue weighted by molar-refractivity contribution is 8.01. The minimum Gasteiger partial charge on any atom is -0.481 e. The number of aliphatic carboxylic acids is 1. The fourth-order valence-corrected chi connectivity index (χ4v) is 2.70. The number of nitriles is 1. The van der Waals surface area contributed by atoms with Gasteiger partial charge in [0.1, 0.15) is 0 Å². The Morgan fingerprint density at radius 2 is 2.39 bits per heavy atom. The van der Waals surface area contributed by atoms with E-state index in [1.165, 1.54) is 23.1 Å². The molecule has 2 N–H and O–H groups in total. The van der Waals surface area contributed by atoms with Gasteiger partial charge in [0.2, 0.25) is 5.91 Å². The van der Waals surface area contributed by atoms with Crippen molar-refractivity contribution in [2.45, 2.75) is 17.2 Å². The van der Waals surface area contributed by atoms with E-state index in [0.717, 1.165) is 0 Å². The van der Waals surface area contributed by atoms with E-state index >= 15 is 0 Å². The molecule has 6 nitrogen and oxygen atoms in total. The number of amides is 1. The van der Waals surface area contributed by atoms with Crippen LogP contribution >= 0.6 is 23.1 Å². The second-order valence-electron chi connectivity index (χ2n) is 3.22. The van der Waals surface area contributed by atoms with Gasteiger partial charge < -0.3 is 10.4 Å². The average molecular weight is 285 g/mol. The minimum atomic E-state index is -0.925. The molecule has 8 heteroatoms. The summed E-state index contributed by atoms with van der Waals surface area (Å²) in [6.45, 7) is 0.345. The summed E-state index contributed by atoms with van der Waals surface area (Å²) in [5, 5.41) is 21.1. The Morgan fingerprint density at radius 1 is 1.61 bits per heavy atom. The van der Waals surface area contributed by atoms with Crippen LogP contribution in [-0.4, -0.2) is 34.3 Å². The lowest BCUT2D eigenvalue weighted by molar-refractivity contribution is -0.136. The van der Waals surface area contributed by atoms with Crippen LogP contribution in [-0.2, 0) is 16.0 Å². The van der Waals surface area contributed by atoms with Gasteiger partial charge in [-0.25, -0.2) is 4.98 Å². The second kappa shape index (κ2) is 7.68. The second-order valence-corrected chi connectivity index (χ2v) is 5.30. The standard InChI is InChI=1S/C10H11N3O3S2/c11-2-1-3-12-8(14)6-18-10-13-7(5-17-10)4-9(15)16/h5H,1,3-4,6H2,(H,12,14)(H,15,16). The first-order valence-electron chi connectivity index (χ1n) is 5.04. The molecule has 0 fully saturated rings. The summed E-state index contributed by atoms with van der Waals surface area (Å²) >= 11 is 2.57. The number of nitrogens with one attached hydrogen (secondary N) is 1. The number of carbonyl (C=O) groups is 2. The van der Waals surface area contributed by atoms with Crippen LogP contribution in [0, 0.1) is 11.3 Å². The van der Waals surface area contributed by atoms with Gasteiger partial charge in [-0.2, -0.15) is 5.26 Å². The van der Waals surface area contributed by atoms with Gasteiger partial charge >= 0.3 is 5.97 Å². The highest BCUT2D eigenvalue weighted by Crippen LogP contribution is 2.22. The topological polar surface area (TPSA) is 103 Å². The molecule has 0 aliphatic rings. The van der Waals surface area contributed by atoms with E-state index in [-0.39, 0.29) is 24.5 Å². The number of nitrogens with zero attached hydrogens (tertiary/aromatic N) is 2. The maximum absolute atomic E-state index is 11.3. The molecule has 1 rings (SSSR count). The third-order valence-electron chi connectivity index (χ3n) is 1.75. The van der Waals surface area contributed by atoms with Gasteiger partial charge in [0, 0.05) is 11.9 Å². The highest BCUT2D eigenvalue weighted by atomic mass is 32.2. The molecule has 1 heterocycles. The summed E-state index contributed by atoms with van der Waals surface area (Å²) in [6, 6.07) is 1.93. The van der Waals surface area contributed by atoms with E-state index < -0.39 is 5.97 Å². The lowest BCUT2D eigenvalue weighted by atomic mass is 10.3. The fraction of sp³-hybridized carbons (Fsp3) is 0.400. The fourth-order valence-electron chi connectivity index (χ4n) is 1.03. The molecule has 0 spiro atoms. The quantitative estimate of drug-likeness (QED) is 0.569. The van der Waals surface area contributed by atoms with E-state index in [9.17, 15) is 9.59 Å². The van der Waals surface area contributed by atoms with Crippen LogP contribution in [0.1, 0.15) is 12.1 Å². The van der Waals surface area contributed by atoms with E-state index in [1.807, 2.05) is 6.07 Å². The van der Waals surface area contributed by atoms with Gasteiger partial charge in [0.15, 0.2) is 4.34 Å². The molecule has 0 aliphatic heterocycles. The molecule has 18 heavy (non-hydrogen) atoms. The summed E-state index contributed by atoms with van der Waals surface area (Å²) in [7, 11) is 0. The molecular formula is C10H11N3O3S2. The van der Waals surface area contributed by atoms with Crippen molar-refractivity contribution in [3.05, 3.63) is 11.1 Å². The van der Waals surface area contributed by atoms with Crippen LogP contribution in [0.15, 0.2) is 9.72 Å². The van der Waals surface area contributed by atoms with Gasteiger partial charge in [-0.05, 0) is 0 Å². The number of rotatable bonds is 7. The Balaban J connectivity index is 2.30. The number of carboxylic acids is 1. The zero-order chi connectivity index (χ0) is 13.4. The third kappa shape index (κ3) is 5.65. The smallest absolute Gasteiger partial charge is 0.309 e. The van der Waals surface area contributed by atoms with Gasteiger partial charge in [-0.3, -0.25) is 9.59 Å². The van der Waals surface area contributed by atoms with Crippen LogP contribution in [0.5, 0.6) is 0 Å². The Morgan fingerprint density at radius 3 is 3.06 bits per heavy atom. The molecule has 0 aromatic carbocycles. The summed E-state index contributed by atoms with van der Waals surface area (Å²) in [4.78, 5) is 25.9. The normalized spacial score (nSPS) is 9.72. The van der Waals surface area contributed by atoms with Crippen LogP contribution in [0.3, 0.4) is 0 Å². The first-order chi connectivity index (χ1) is 8.61. The first kappa shape index (κ1) is 14.5. The van der Waals surface area contributed by atoms with Gasteiger partial charge in [0.05, 0.1) is 30.4 Å². The number of carbonyl (C=O) groups excluding carboxylic acids is 1. The Labute approximate surface area is 112 Å². The van der Waals surface area contributed by atoms with E-state index in [4.69, 9.17) is 10.4 Å². The predicted octanol–water partition coefficient (Wildman–Crippen LogP) is 0.892. The number of hydrogen-bond acceptors (Lipinski definition) is 6. The SMILES string of the molecule is N#CCCNC(=O)CSc1nc(CC(=O)O)cs1. The molecule has 0 saturated heterocycles. The van der Waals surface area contributed by atoms with Crippen molar-refractivity contribution < 1.29 is 14.7 Å². The van der Waals surface area contributed by atoms with E-state index in [1.54, 1.807) is 5.38 Å². The highest BCUT2D eigenvalue weighted by Gasteiger charge is 2.08. The molecule has 0 atom stereocenters. The maximum atomic E-state index is 11.3. The van der Waals surface area contributed by atoms with Crippen molar-refractivity contribution in [1.29, 1.82) is 5.26 Å². The molecule has 0 radical (unpaired) electrons. The molecule has 1 aromatic rings. The Hall–Kier alpha value is -1.59. The Bertz CT molecular complexity index is 467. The molecular weight excluding hydrogens is 274 g/mol. The molecule has 0 aliphatic carbocycles. The largest absolute Gasteiger partial charge is 0.481 e. The van der Waals surface area contributed by atoms with Crippen LogP contribution < -0.4 is 5.32 Å². The van der Waals surface area contributed by atoms with Crippen LogP contribution in [0.4, 0.5) is 0 Å². The van der Waals surface area contributed by atoms with E-state index in [0.29, 0.717) is 16.6 Å². The van der Waals surface area contributed by atoms with Crippen molar-refractivity contribution in [3.63, 3.8) is 0 Å². The lowest BCUT2D eigenvalue weighted by Gasteiger charge is -2.00. The van der Waals surface area contributed by atoms with E-state index in [2.05, 4.69) is 10.3 Å². The molecule has 0 unspecified atom stereocenters. The molecule has 0 bridgehead atoms. The molecule has 96 valence electrons. The number of carboxylic acid groups (broad SMARTS) is 1. The Kier molecular flexibility index (Phi) is 6.18. The van der Waals surface area contributed by atoms with Crippen LogP contribution in [0.2, 0.25) is 0 Å². The number of aromatic nitrogens is 1. The summed E-state index contributed by atoms with van der Waals surface area (Å²) in [6.07, 6.45) is 0.182. The molecule has 1 aromatic heterocycles. The minimum absolute atomic E-state index is 0.106. The van der Waals surface area contributed by atoms with Crippen LogP contribution in [0.25, 0.3) is 0 Å². The van der Waals surface area contributed by atoms with Gasteiger partial charge in [0.25, 0.3) is 0 Å². The third-order valence-corrected chi connectivity index (χ3v) is 3.82. The van der Waals surface area contributed by atoms with Gasteiger partial charge in [-0.1, -0.05) is 11.8 Å². The van der Waals surface area contributed by atoms with Crippen molar-refractivity contribution in [3.8, 4) is 6.07 Å². The van der Waals surface area contributed by atoms with Crippen molar-refractivity contribution >= 4 is 35.0 Å². The first-order valence-corrected chi connectivity index (χ1v) is 6.91. The van der Waals surface area contributed by atoms with Gasteiger partial charge in [-0.15, -0.1) is 11.3 Å². The number of thioether (sulfide) groups is 1. The monoisotopic (exact) mass is 285 g/mol. The zero-order valence-electron chi connectivity index (χ0n) is 9.38. The summed E-state index contributed by atoms with van der Waals surface area (Å²) in [5.74, 6) is -0.873. The zero-order valence-corrected chi connectivity index (χ0v) is 11.0. The lowest BCUT2D eigenvalue weighted by Crippen LogP contribution is -2.25. The van der Waals surface area contributed by atoms with Crippen molar-refractivity contribution in [1.82, 2.24) is 10.3 Å². The van der Waals surface area contributed by atoms with Crippen molar-refractivity contribution in [2.24, 2.45) is 0 Å². The number of thiazole rings is 1. The predicted molar refractivity (Wildman–Crippen MR) is 67.4 cm³/mol.